The highest BCUT2D eigenvalue weighted by Crippen LogP contribution is 2.17. The average Bonchev–Trinajstić information content (AvgIpc) is 2.38. The van der Waals surface area contributed by atoms with E-state index in [1.54, 1.807) is 0 Å². The molecule has 0 bridgehead atoms. The van der Waals surface area contributed by atoms with Gasteiger partial charge in [-0.05, 0) is 24.0 Å². The van der Waals surface area contributed by atoms with Crippen molar-refractivity contribution >= 4 is 0 Å². The van der Waals surface area contributed by atoms with E-state index in [0.29, 0.717) is 0 Å². The second kappa shape index (κ2) is 3.49. The summed E-state index contributed by atoms with van der Waals surface area (Å²) in [5.74, 6) is 0. The molecular weight excluding hydrogens is 160 g/mol. The third kappa shape index (κ3) is 1.65. The largest absolute Gasteiger partial charge is 0.306 e. The predicted molar refractivity (Wildman–Crippen MR) is 50.8 cm³/mol. The zero-order valence-electron chi connectivity index (χ0n) is 7.53. The minimum Gasteiger partial charge on any atom is -0.306 e. The van der Waals surface area contributed by atoms with Crippen molar-refractivity contribution < 1.29 is 0 Å². The molecule has 0 N–H and O–H groups in total. The van der Waals surface area contributed by atoms with E-state index < -0.39 is 0 Å². The second-order valence-electron chi connectivity index (χ2n) is 3.39. The molecule has 0 fully saturated rings. The van der Waals surface area contributed by atoms with Crippen molar-refractivity contribution in [1.29, 1.82) is 5.26 Å². The fourth-order valence-corrected chi connectivity index (χ4v) is 1.79. The fourth-order valence-electron chi connectivity index (χ4n) is 1.79. The number of hydrogen-bond donors (Lipinski definition) is 0. The number of benzene rings is 1. The first kappa shape index (κ1) is 8.12. The quantitative estimate of drug-likeness (QED) is 0.559. The van der Waals surface area contributed by atoms with E-state index in [4.69, 9.17) is 5.26 Å². The van der Waals surface area contributed by atoms with E-state index >= 15 is 0 Å². The SMILES string of the molecule is N#CN1CCCc2ccccc2C1. The zero-order valence-corrected chi connectivity index (χ0v) is 7.53. The van der Waals surface area contributed by atoms with Crippen LogP contribution in [0.5, 0.6) is 0 Å². The van der Waals surface area contributed by atoms with Crippen molar-refractivity contribution in [2.24, 2.45) is 0 Å². The summed E-state index contributed by atoms with van der Waals surface area (Å²) in [4.78, 5) is 1.83. The molecule has 1 aliphatic rings. The molecule has 0 amide bonds. The molecule has 66 valence electrons. The maximum atomic E-state index is 8.82. The lowest BCUT2D eigenvalue weighted by atomic mass is 10.0. The number of nitrogens with zero attached hydrogens (tertiary/aromatic N) is 2. The van der Waals surface area contributed by atoms with Crippen LogP contribution in [0, 0.1) is 11.5 Å². The normalized spacial score (nSPS) is 15.8. The van der Waals surface area contributed by atoms with Crippen molar-refractivity contribution in [1.82, 2.24) is 4.90 Å². The number of aryl methyl sites for hydroxylation is 1. The molecule has 2 rings (SSSR count). The van der Waals surface area contributed by atoms with Crippen molar-refractivity contribution in [3.05, 3.63) is 35.4 Å². The van der Waals surface area contributed by atoms with Crippen molar-refractivity contribution in [2.45, 2.75) is 19.4 Å². The lowest BCUT2D eigenvalue weighted by molar-refractivity contribution is 0.390. The third-order valence-corrected chi connectivity index (χ3v) is 2.50. The van der Waals surface area contributed by atoms with Crippen LogP contribution in [0.15, 0.2) is 24.3 Å². The van der Waals surface area contributed by atoms with Gasteiger partial charge in [0.15, 0.2) is 6.19 Å². The van der Waals surface area contributed by atoms with Gasteiger partial charge >= 0.3 is 0 Å². The Hall–Kier alpha value is -1.49. The van der Waals surface area contributed by atoms with E-state index in [1.807, 2.05) is 11.0 Å². The van der Waals surface area contributed by atoms with Crippen molar-refractivity contribution in [3.63, 3.8) is 0 Å². The number of hydrogen-bond acceptors (Lipinski definition) is 2. The molecular formula is C11H12N2. The Morgan fingerprint density at radius 1 is 1.23 bits per heavy atom. The van der Waals surface area contributed by atoms with E-state index in [0.717, 1.165) is 25.9 Å². The van der Waals surface area contributed by atoms with Gasteiger partial charge in [0.1, 0.15) is 0 Å². The van der Waals surface area contributed by atoms with Gasteiger partial charge in [-0.2, -0.15) is 5.26 Å². The summed E-state index contributed by atoms with van der Waals surface area (Å²) in [6.07, 6.45) is 4.41. The first-order chi connectivity index (χ1) is 6.40. The summed E-state index contributed by atoms with van der Waals surface area (Å²) < 4.78 is 0. The van der Waals surface area contributed by atoms with Crippen LogP contribution in [0.2, 0.25) is 0 Å². The Labute approximate surface area is 78.4 Å². The minimum atomic E-state index is 0.784. The van der Waals surface area contributed by atoms with Gasteiger partial charge in [0.25, 0.3) is 0 Å². The highest BCUT2D eigenvalue weighted by Gasteiger charge is 2.11. The molecule has 0 radical (unpaired) electrons. The summed E-state index contributed by atoms with van der Waals surface area (Å²) in [5.41, 5.74) is 2.71. The van der Waals surface area contributed by atoms with Gasteiger partial charge in [-0.3, -0.25) is 0 Å². The van der Waals surface area contributed by atoms with Crippen LogP contribution in [-0.4, -0.2) is 11.4 Å². The van der Waals surface area contributed by atoms with Crippen molar-refractivity contribution in [2.75, 3.05) is 6.54 Å². The van der Waals surface area contributed by atoms with Crippen LogP contribution in [0.3, 0.4) is 0 Å². The molecule has 1 heterocycles. The molecule has 0 spiro atoms. The lowest BCUT2D eigenvalue weighted by Gasteiger charge is -2.11. The van der Waals surface area contributed by atoms with Crippen LogP contribution >= 0.6 is 0 Å². The predicted octanol–water partition coefficient (Wildman–Crippen LogP) is 1.92. The summed E-state index contributed by atoms with van der Waals surface area (Å²) in [6.45, 7) is 1.68. The maximum Gasteiger partial charge on any atom is 0.179 e. The fraction of sp³-hybridized carbons (Fsp3) is 0.364. The van der Waals surface area contributed by atoms with Crippen molar-refractivity contribution in [3.8, 4) is 6.19 Å². The van der Waals surface area contributed by atoms with Crippen LogP contribution in [-0.2, 0) is 13.0 Å². The highest BCUT2D eigenvalue weighted by atomic mass is 15.1. The Morgan fingerprint density at radius 3 is 2.77 bits per heavy atom. The monoisotopic (exact) mass is 172 g/mol. The topological polar surface area (TPSA) is 27.0 Å². The third-order valence-electron chi connectivity index (χ3n) is 2.50. The summed E-state index contributed by atoms with van der Waals surface area (Å²) in [5, 5.41) is 8.82. The molecule has 1 aromatic rings. The van der Waals surface area contributed by atoms with Gasteiger partial charge in [0, 0.05) is 6.54 Å². The lowest BCUT2D eigenvalue weighted by Crippen LogP contribution is -2.16. The zero-order chi connectivity index (χ0) is 9.10. The molecule has 0 aromatic heterocycles. The molecule has 13 heavy (non-hydrogen) atoms. The summed E-state index contributed by atoms with van der Waals surface area (Å²) >= 11 is 0. The molecule has 0 unspecified atom stereocenters. The number of rotatable bonds is 0. The van der Waals surface area contributed by atoms with Crippen LogP contribution < -0.4 is 0 Å². The van der Waals surface area contributed by atoms with E-state index in [1.165, 1.54) is 11.1 Å². The highest BCUT2D eigenvalue weighted by molar-refractivity contribution is 5.28. The van der Waals surface area contributed by atoms with Crippen LogP contribution in [0.25, 0.3) is 0 Å². The van der Waals surface area contributed by atoms with E-state index in [9.17, 15) is 0 Å². The van der Waals surface area contributed by atoms with E-state index in [-0.39, 0.29) is 0 Å². The Balaban J connectivity index is 2.30. The first-order valence-corrected chi connectivity index (χ1v) is 4.61. The van der Waals surface area contributed by atoms with Crippen LogP contribution in [0.1, 0.15) is 17.5 Å². The Bertz CT molecular complexity index is 338. The first-order valence-electron chi connectivity index (χ1n) is 4.61. The maximum absolute atomic E-state index is 8.82. The molecule has 1 aromatic carbocycles. The van der Waals surface area contributed by atoms with Gasteiger partial charge in [0.2, 0.25) is 0 Å². The van der Waals surface area contributed by atoms with Gasteiger partial charge in [0.05, 0.1) is 6.54 Å². The summed E-state index contributed by atoms with van der Waals surface area (Å²) in [7, 11) is 0. The standard InChI is InChI=1S/C11H12N2/c12-9-13-7-3-6-10-4-1-2-5-11(10)8-13/h1-2,4-5H,3,6-8H2. The molecule has 1 aliphatic heterocycles. The second-order valence-corrected chi connectivity index (χ2v) is 3.39. The minimum absolute atomic E-state index is 0.784. The van der Waals surface area contributed by atoms with E-state index in [2.05, 4.69) is 24.4 Å². The summed E-state index contributed by atoms with van der Waals surface area (Å²) in [6, 6.07) is 8.39. The molecule has 2 nitrogen and oxygen atoms in total. The van der Waals surface area contributed by atoms with Gasteiger partial charge in [-0.1, -0.05) is 24.3 Å². The van der Waals surface area contributed by atoms with Gasteiger partial charge in [-0.25, -0.2) is 0 Å². The van der Waals surface area contributed by atoms with Gasteiger partial charge in [-0.15, -0.1) is 0 Å². The Morgan fingerprint density at radius 2 is 2.00 bits per heavy atom. The average molecular weight is 172 g/mol. The van der Waals surface area contributed by atoms with Crippen LogP contribution in [0.4, 0.5) is 0 Å². The molecule has 0 atom stereocenters. The molecule has 0 aliphatic carbocycles. The molecule has 0 saturated heterocycles. The molecule has 0 saturated carbocycles. The number of nitriles is 1. The Kier molecular flexibility index (Phi) is 2.18. The van der Waals surface area contributed by atoms with Gasteiger partial charge < -0.3 is 4.90 Å². The smallest absolute Gasteiger partial charge is 0.179 e. The number of fused-ring (bicyclic) bond motifs is 1. The molecule has 2 heteroatoms.